The topological polar surface area (TPSA) is 64.3 Å². The van der Waals surface area contributed by atoms with Gasteiger partial charge in [0.2, 0.25) is 0 Å². The predicted octanol–water partition coefficient (Wildman–Crippen LogP) is 2.64. The van der Waals surface area contributed by atoms with Crippen molar-refractivity contribution in [3.63, 3.8) is 0 Å². The summed E-state index contributed by atoms with van der Waals surface area (Å²) in [5, 5.41) is 0. The molecule has 2 heterocycles. The van der Waals surface area contributed by atoms with Crippen molar-refractivity contribution in [3.8, 4) is 0 Å². The normalized spacial score (nSPS) is 13.8. The Hall–Kier alpha value is -3.15. The average Bonchev–Trinajstić information content (AvgIpc) is 3.05. The first-order chi connectivity index (χ1) is 12.1. The maximum atomic E-state index is 12.7. The standard InChI is InChI=1S/C19H17N3O3/c1-3-20-15-10-9-12(11-16(15)21(4-2)19(20)25)22-17(23)13-7-5-6-8-14(13)18(22)24/h5-11H,3-4H2,1-2H3. The molecular formula is C19H17N3O3. The summed E-state index contributed by atoms with van der Waals surface area (Å²) in [6, 6.07) is 12.1. The van der Waals surface area contributed by atoms with Gasteiger partial charge in [-0.3, -0.25) is 18.7 Å². The highest BCUT2D eigenvalue weighted by Crippen LogP contribution is 2.30. The molecule has 1 aromatic heterocycles. The summed E-state index contributed by atoms with van der Waals surface area (Å²) in [5.74, 6) is -0.666. The van der Waals surface area contributed by atoms with Gasteiger partial charge in [0.15, 0.2) is 0 Å². The van der Waals surface area contributed by atoms with Gasteiger partial charge >= 0.3 is 5.69 Å². The van der Waals surface area contributed by atoms with Gasteiger partial charge in [0.1, 0.15) is 0 Å². The Morgan fingerprint density at radius 3 is 1.88 bits per heavy atom. The molecule has 3 aromatic rings. The molecule has 6 heteroatoms. The number of hydrogen-bond donors (Lipinski definition) is 0. The molecular weight excluding hydrogens is 318 g/mol. The van der Waals surface area contributed by atoms with E-state index in [1.807, 2.05) is 13.8 Å². The van der Waals surface area contributed by atoms with Crippen LogP contribution in [0.2, 0.25) is 0 Å². The molecule has 0 bridgehead atoms. The van der Waals surface area contributed by atoms with E-state index < -0.39 is 0 Å². The van der Waals surface area contributed by atoms with Gasteiger partial charge in [-0.05, 0) is 44.2 Å². The van der Waals surface area contributed by atoms with Crippen LogP contribution in [0, 0.1) is 0 Å². The fourth-order valence-corrected chi connectivity index (χ4v) is 3.48. The van der Waals surface area contributed by atoms with Crippen LogP contribution in [0.1, 0.15) is 34.6 Å². The molecule has 25 heavy (non-hydrogen) atoms. The highest BCUT2D eigenvalue weighted by Gasteiger charge is 2.36. The zero-order chi connectivity index (χ0) is 17.7. The first-order valence-corrected chi connectivity index (χ1v) is 8.29. The van der Waals surface area contributed by atoms with Crippen LogP contribution in [0.5, 0.6) is 0 Å². The van der Waals surface area contributed by atoms with Crippen LogP contribution in [-0.2, 0) is 13.1 Å². The van der Waals surface area contributed by atoms with Crippen LogP contribution in [0.25, 0.3) is 11.0 Å². The van der Waals surface area contributed by atoms with Crippen LogP contribution in [0.4, 0.5) is 5.69 Å². The zero-order valence-electron chi connectivity index (χ0n) is 14.0. The molecule has 0 aliphatic carbocycles. The molecule has 0 saturated carbocycles. The van der Waals surface area contributed by atoms with E-state index in [0.29, 0.717) is 29.9 Å². The molecule has 2 amide bonds. The van der Waals surface area contributed by atoms with Gasteiger partial charge in [0, 0.05) is 13.1 Å². The lowest BCUT2D eigenvalue weighted by Crippen LogP contribution is -2.29. The first-order valence-electron chi connectivity index (χ1n) is 8.29. The number of hydrogen-bond acceptors (Lipinski definition) is 3. The predicted molar refractivity (Wildman–Crippen MR) is 95.1 cm³/mol. The number of fused-ring (bicyclic) bond motifs is 2. The van der Waals surface area contributed by atoms with Gasteiger partial charge < -0.3 is 0 Å². The van der Waals surface area contributed by atoms with E-state index in [2.05, 4.69) is 0 Å². The maximum Gasteiger partial charge on any atom is 0.329 e. The molecule has 0 atom stereocenters. The average molecular weight is 335 g/mol. The Bertz CT molecular complexity index is 1060. The Morgan fingerprint density at radius 1 is 0.760 bits per heavy atom. The van der Waals surface area contributed by atoms with Crippen LogP contribution >= 0.6 is 0 Å². The van der Waals surface area contributed by atoms with Crippen molar-refractivity contribution in [1.29, 1.82) is 0 Å². The number of anilines is 1. The SMILES string of the molecule is CCn1c(=O)n(CC)c2cc(N3C(=O)c4ccccc4C3=O)ccc21. The number of imidazole rings is 1. The summed E-state index contributed by atoms with van der Waals surface area (Å²) >= 11 is 0. The highest BCUT2D eigenvalue weighted by atomic mass is 16.2. The molecule has 0 fully saturated rings. The quantitative estimate of drug-likeness (QED) is 0.691. The van der Waals surface area contributed by atoms with Gasteiger partial charge in [0.25, 0.3) is 11.8 Å². The Labute approximate surface area is 143 Å². The van der Waals surface area contributed by atoms with Crippen LogP contribution in [-0.4, -0.2) is 20.9 Å². The van der Waals surface area contributed by atoms with E-state index in [-0.39, 0.29) is 17.5 Å². The number of carbonyl (C=O) groups excluding carboxylic acids is 2. The lowest BCUT2D eigenvalue weighted by atomic mass is 10.1. The van der Waals surface area contributed by atoms with Crippen molar-refractivity contribution < 1.29 is 9.59 Å². The summed E-state index contributed by atoms with van der Waals surface area (Å²) in [7, 11) is 0. The maximum absolute atomic E-state index is 12.7. The smallest absolute Gasteiger partial charge is 0.292 e. The molecule has 0 N–H and O–H groups in total. The molecule has 0 unspecified atom stereocenters. The third kappa shape index (κ3) is 2.00. The number of imide groups is 1. The lowest BCUT2D eigenvalue weighted by molar-refractivity contribution is 0.0926. The van der Waals surface area contributed by atoms with Gasteiger partial charge in [-0.25, -0.2) is 9.69 Å². The van der Waals surface area contributed by atoms with E-state index >= 15 is 0 Å². The number of rotatable bonds is 3. The third-order valence-electron chi connectivity index (χ3n) is 4.69. The van der Waals surface area contributed by atoms with E-state index in [1.165, 1.54) is 4.90 Å². The fourth-order valence-electron chi connectivity index (χ4n) is 3.48. The van der Waals surface area contributed by atoms with E-state index in [9.17, 15) is 14.4 Å². The third-order valence-corrected chi connectivity index (χ3v) is 4.69. The summed E-state index contributed by atoms with van der Waals surface area (Å²) in [6.45, 7) is 4.90. The van der Waals surface area contributed by atoms with Crippen LogP contribution in [0.15, 0.2) is 47.3 Å². The summed E-state index contributed by atoms with van der Waals surface area (Å²) in [6.07, 6.45) is 0. The Kier molecular flexibility index (Phi) is 3.35. The number of amides is 2. The van der Waals surface area contributed by atoms with Gasteiger partial charge in [0.05, 0.1) is 27.8 Å². The summed E-state index contributed by atoms with van der Waals surface area (Å²) in [4.78, 5) is 39.0. The highest BCUT2D eigenvalue weighted by molar-refractivity contribution is 6.34. The number of nitrogens with zero attached hydrogens (tertiary/aromatic N) is 3. The van der Waals surface area contributed by atoms with E-state index in [0.717, 1.165) is 11.0 Å². The lowest BCUT2D eigenvalue weighted by Gasteiger charge is -2.14. The molecule has 0 saturated heterocycles. The minimum Gasteiger partial charge on any atom is -0.292 e. The second-order valence-corrected chi connectivity index (χ2v) is 5.94. The van der Waals surface area contributed by atoms with Crippen molar-refractivity contribution >= 4 is 28.5 Å². The number of benzene rings is 2. The van der Waals surface area contributed by atoms with Crippen molar-refractivity contribution in [2.24, 2.45) is 0 Å². The molecule has 2 aromatic carbocycles. The van der Waals surface area contributed by atoms with Crippen molar-refractivity contribution in [1.82, 2.24) is 9.13 Å². The molecule has 1 aliphatic heterocycles. The monoisotopic (exact) mass is 335 g/mol. The Balaban J connectivity index is 1.91. The Morgan fingerprint density at radius 2 is 1.32 bits per heavy atom. The minimum atomic E-state index is -0.333. The number of aryl methyl sites for hydroxylation is 2. The largest absolute Gasteiger partial charge is 0.329 e. The van der Waals surface area contributed by atoms with Gasteiger partial charge in [-0.1, -0.05) is 12.1 Å². The van der Waals surface area contributed by atoms with Crippen LogP contribution < -0.4 is 10.6 Å². The van der Waals surface area contributed by atoms with E-state index in [1.54, 1.807) is 51.6 Å². The molecule has 6 nitrogen and oxygen atoms in total. The van der Waals surface area contributed by atoms with Gasteiger partial charge in [-0.15, -0.1) is 0 Å². The molecule has 0 spiro atoms. The van der Waals surface area contributed by atoms with E-state index in [4.69, 9.17) is 0 Å². The van der Waals surface area contributed by atoms with Crippen LogP contribution in [0.3, 0.4) is 0 Å². The molecule has 4 rings (SSSR count). The summed E-state index contributed by atoms with van der Waals surface area (Å²) < 4.78 is 3.34. The van der Waals surface area contributed by atoms with Gasteiger partial charge in [-0.2, -0.15) is 0 Å². The zero-order valence-corrected chi connectivity index (χ0v) is 14.0. The number of carbonyl (C=O) groups is 2. The van der Waals surface area contributed by atoms with Crippen molar-refractivity contribution in [3.05, 3.63) is 64.1 Å². The molecule has 0 radical (unpaired) electrons. The molecule has 1 aliphatic rings. The van der Waals surface area contributed by atoms with Crippen molar-refractivity contribution in [2.75, 3.05) is 4.90 Å². The first kappa shape index (κ1) is 15.4. The van der Waals surface area contributed by atoms with Crippen molar-refractivity contribution in [2.45, 2.75) is 26.9 Å². The molecule has 126 valence electrons. The second-order valence-electron chi connectivity index (χ2n) is 5.94. The summed E-state index contributed by atoms with van der Waals surface area (Å²) in [5.41, 5.74) is 2.74. The fraction of sp³-hybridized carbons (Fsp3) is 0.211. The second kappa shape index (κ2) is 5.44. The minimum absolute atomic E-state index is 0.0838. The number of aromatic nitrogens is 2.